The quantitative estimate of drug-likeness (QED) is 0.322. The van der Waals surface area contributed by atoms with Gasteiger partial charge in [0, 0.05) is 35.8 Å². The van der Waals surface area contributed by atoms with Crippen molar-refractivity contribution in [2.45, 2.75) is 34.1 Å². The van der Waals surface area contributed by atoms with E-state index in [0.29, 0.717) is 10.6 Å². The minimum absolute atomic E-state index is 0.510. The Kier molecular flexibility index (Phi) is 3.34. The highest BCUT2D eigenvalue weighted by Crippen LogP contribution is 2.40. The van der Waals surface area contributed by atoms with Crippen molar-refractivity contribution in [1.29, 1.82) is 0 Å². The predicted octanol–water partition coefficient (Wildman–Crippen LogP) is 7.15. The lowest BCUT2D eigenvalue weighted by atomic mass is 9.91. The molecule has 0 aliphatic heterocycles. The molecule has 0 atom stereocenters. The maximum atomic E-state index is 8.68. The second-order valence-corrected chi connectivity index (χ2v) is 9.21. The third kappa shape index (κ3) is 2.89. The van der Waals surface area contributed by atoms with Crippen molar-refractivity contribution in [2.24, 2.45) is 5.41 Å². The van der Waals surface area contributed by atoms with Crippen molar-refractivity contribution in [3.8, 4) is 11.3 Å². The van der Waals surface area contributed by atoms with Gasteiger partial charge in [-0.2, -0.15) is 0 Å². The molecule has 5 rings (SSSR count). The van der Waals surface area contributed by atoms with E-state index in [4.69, 9.17) is 7.16 Å². The maximum absolute atomic E-state index is 8.68. The number of aromatic nitrogens is 2. The lowest BCUT2D eigenvalue weighted by Crippen LogP contribution is -2.07. The highest BCUT2D eigenvalue weighted by molar-refractivity contribution is 7.19. The van der Waals surface area contributed by atoms with Gasteiger partial charge in [-0.3, -0.25) is 4.98 Å². The van der Waals surface area contributed by atoms with E-state index in [1.54, 1.807) is 6.20 Å². The van der Waals surface area contributed by atoms with Gasteiger partial charge in [-0.1, -0.05) is 32.9 Å². The smallest absolute Gasteiger partial charge is 0.227 e. The molecule has 4 heteroatoms. The van der Waals surface area contributed by atoms with Crippen LogP contribution in [0.15, 0.2) is 53.1 Å². The van der Waals surface area contributed by atoms with Crippen LogP contribution in [-0.2, 0) is 6.37 Å². The maximum Gasteiger partial charge on any atom is 0.227 e. The zero-order chi connectivity index (χ0) is 21.3. The Hall–Kier alpha value is -2.72. The summed E-state index contributed by atoms with van der Waals surface area (Å²) >= 11 is 1.48. The van der Waals surface area contributed by atoms with Crippen molar-refractivity contribution < 1.29 is 7.16 Å². The van der Waals surface area contributed by atoms with Gasteiger partial charge in [-0.25, -0.2) is 4.98 Å². The number of hydrogen-bond donors (Lipinski definition) is 0. The number of fused-ring (bicyclic) bond motifs is 4. The summed E-state index contributed by atoms with van der Waals surface area (Å²) in [6, 6.07) is 14.0. The van der Waals surface area contributed by atoms with Crippen LogP contribution in [0.2, 0.25) is 0 Å². The second kappa shape index (κ2) is 6.14. The zero-order valence-corrected chi connectivity index (χ0v) is 17.1. The monoisotopic (exact) mass is 388 g/mol. The molecule has 4 heterocycles. The molecule has 0 aliphatic rings. The molecule has 0 amide bonds. The number of thiophene rings is 1. The summed E-state index contributed by atoms with van der Waals surface area (Å²) in [5.41, 5.74) is 3.51. The van der Waals surface area contributed by atoms with Gasteiger partial charge in [0.25, 0.3) is 0 Å². The Morgan fingerprint density at radius 1 is 1.11 bits per heavy atom. The fourth-order valence-corrected chi connectivity index (χ4v) is 4.81. The number of benzene rings is 1. The molecule has 0 N–H and O–H groups in total. The van der Waals surface area contributed by atoms with Crippen LogP contribution in [0.1, 0.15) is 34.1 Å². The lowest BCUT2D eigenvalue weighted by molar-refractivity contribution is 0.415. The molecule has 0 bridgehead atoms. The molecule has 28 heavy (non-hydrogen) atoms. The normalized spacial score (nSPS) is 14.0. The number of pyridine rings is 2. The Morgan fingerprint density at radius 2 is 1.96 bits per heavy atom. The Bertz CT molecular complexity index is 1430. The first-order chi connectivity index (χ1) is 14.2. The van der Waals surface area contributed by atoms with Crippen LogP contribution in [0, 0.1) is 12.3 Å². The van der Waals surface area contributed by atoms with Crippen molar-refractivity contribution in [3.63, 3.8) is 0 Å². The highest BCUT2D eigenvalue weighted by atomic mass is 32.1. The molecule has 0 saturated carbocycles. The molecule has 0 radical (unpaired) electrons. The van der Waals surface area contributed by atoms with E-state index >= 15 is 0 Å². The fourth-order valence-electron chi connectivity index (χ4n) is 3.55. The molecule has 5 aromatic rings. The van der Waals surface area contributed by atoms with Gasteiger partial charge in [0.15, 0.2) is 0 Å². The Balaban J connectivity index is 1.78. The summed E-state index contributed by atoms with van der Waals surface area (Å²) in [7, 11) is 0. The summed E-state index contributed by atoms with van der Waals surface area (Å²) < 4.78 is 24.5. The lowest BCUT2D eigenvalue weighted by Gasteiger charge is -2.16. The summed E-state index contributed by atoms with van der Waals surface area (Å²) in [6.45, 7) is 7.74. The number of hydrogen-bond acceptors (Lipinski definition) is 4. The number of rotatable bonds is 2. The third-order valence-corrected chi connectivity index (χ3v) is 5.76. The van der Waals surface area contributed by atoms with E-state index in [2.05, 4.69) is 9.97 Å². The van der Waals surface area contributed by atoms with E-state index in [9.17, 15) is 0 Å². The second-order valence-electron chi connectivity index (χ2n) is 8.15. The van der Waals surface area contributed by atoms with E-state index < -0.39 is 11.8 Å². The minimum atomic E-state index is -1.44. The molecule has 0 saturated heterocycles. The first-order valence-corrected chi connectivity index (χ1v) is 10.2. The number of aryl methyl sites for hydroxylation is 1. The van der Waals surface area contributed by atoms with Crippen LogP contribution >= 0.6 is 11.3 Å². The van der Waals surface area contributed by atoms with E-state index in [1.807, 2.05) is 70.2 Å². The van der Waals surface area contributed by atoms with Crippen LogP contribution in [0.4, 0.5) is 0 Å². The highest BCUT2D eigenvalue weighted by Gasteiger charge is 2.18. The molecule has 0 unspecified atom stereocenters. The Labute approximate surface area is 170 Å². The van der Waals surface area contributed by atoms with Crippen LogP contribution in [0.3, 0.4) is 0 Å². The fraction of sp³-hybridized carbons (Fsp3) is 0.250. The van der Waals surface area contributed by atoms with E-state index in [1.165, 1.54) is 11.3 Å². The van der Waals surface area contributed by atoms with Crippen molar-refractivity contribution in [2.75, 3.05) is 0 Å². The molecular weight excluding hydrogens is 364 g/mol. The average molecular weight is 389 g/mol. The van der Waals surface area contributed by atoms with Crippen LogP contribution in [-0.4, -0.2) is 9.97 Å². The molecule has 140 valence electrons. The molecular formula is C24H22N2OS. The minimum Gasteiger partial charge on any atom is -0.437 e. The van der Waals surface area contributed by atoms with Crippen molar-refractivity contribution >= 4 is 43.5 Å². The molecule has 0 spiro atoms. The summed E-state index contributed by atoms with van der Waals surface area (Å²) in [4.78, 5) is 9.94. The van der Waals surface area contributed by atoms with E-state index in [-0.39, 0.29) is 0 Å². The number of furan rings is 1. The van der Waals surface area contributed by atoms with Crippen molar-refractivity contribution in [3.05, 3.63) is 59.2 Å². The van der Waals surface area contributed by atoms with Gasteiger partial charge >= 0.3 is 0 Å². The van der Waals surface area contributed by atoms with Gasteiger partial charge in [-0.15, -0.1) is 11.3 Å². The van der Waals surface area contributed by atoms with Gasteiger partial charge in [0.2, 0.25) is 5.71 Å². The summed E-state index contributed by atoms with van der Waals surface area (Å²) in [5, 5.41) is 2.99. The van der Waals surface area contributed by atoms with E-state index in [0.717, 1.165) is 43.4 Å². The predicted molar refractivity (Wildman–Crippen MR) is 118 cm³/mol. The molecule has 4 aromatic heterocycles. The first kappa shape index (κ1) is 15.2. The summed E-state index contributed by atoms with van der Waals surface area (Å²) in [6.07, 6.45) is 0.339. The van der Waals surface area contributed by atoms with Gasteiger partial charge in [-0.05, 0) is 54.4 Å². The van der Waals surface area contributed by atoms with Crippen LogP contribution < -0.4 is 0 Å². The standard InChI is InChI=1S/C24H22N2OS/c1-14-8-9-18-17-6-5-7-19(21(17)27-23(18)26-14)20-22-15(10-11-25-20)12-16(28-22)13-24(2,3)4/h5-12H,13H2,1-4H3/i13D2. The summed E-state index contributed by atoms with van der Waals surface area (Å²) in [5.74, 6) is 0. The van der Waals surface area contributed by atoms with Gasteiger partial charge < -0.3 is 4.42 Å². The SMILES string of the molecule is [2H]C([2H])(c1cc2ccnc(-c3cccc4c3oc3nc(C)ccc34)c2s1)C(C)(C)C. The van der Waals surface area contributed by atoms with Crippen molar-refractivity contribution in [1.82, 2.24) is 9.97 Å². The number of para-hydroxylation sites is 1. The topological polar surface area (TPSA) is 38.9 Å². The number of nitrogens with zero attached hydrogens (tertiary/aromatic N) is 2. The average Bonchev–Trinajstić information content (AvgIpc) is 3.28. The van der Waals surface area contributed by atoms with Crippen LogP contribution in [0.25, 0.3) is 43.4 Å². The van der Waals surface area contributed by atoms with Gasteiger partial charge in [0.1, 0.15) is 5.58 Å². The van der Waals surface area contributed by atoms with Crippen LogP contribution in [0.5, 0.6) is 0 Å². The van der Waals surface area contributed by atoms with Gasteiger partial charge in [0.05, 0.1) is 10.4 Å². The first-order valence-electron chi connectivity index (χ1n) is 10.3. The molecule has 0 aliphatic carbocycles. The third-order valence-electron chi connectivity index (χ3n) is 4.69. The zero-order valence-electron chi connectivity index (χ0n) is 18.3. The molecule has 0 fully saturated rings. The largest absolute Gasteiger partial charge is 0.437 e. The molecule has 3 nitrogen and oxygen atoms in total. The Morgan fingerprint density at radius 3 is 2.79 bits per heavy atom. The molecule has 1 aromatic carbocycles.